The third-order valence-electron chi connectivity index (χ3n) is 4.03. The lowest BCUT2D eigenvalue weighted by Gasteiger charge is -2.29. The zero-order valence-corrected chi connectivity index (χ0v) is 12.8. The van der Waals surface area contributed by atoms with E-state index in [9.17, 15) is 8.42 Å². The fourth-order valence-corrected chi connectivity index (χ4v) is 3.68. The Kier molecular flexibility index (Phi) is 3.82. The number of benzene rings is 1. The quantitative estimate of drug-likeness (QED) is 0.945. The lowest BCUT2D eigenvalue weighted by atomic mass is 9.94. The summed E-state index contributed by atoms with van der Waals surface area (Å²) in [6, 6.07) is 12.1. The molecule has 1 aliphatic heterocycles. The van der Waals surface area contributed by atoms with Gasteiger partial charge in [-0.2, -0.15) is 5.10 Å². The maximum atomic E-state index is 11.5. The van der Waals surface area contributed by atoms with E-state index in [4.69, 9.17) is 0 Å². The fourth-order valence-electron chi connectivity index (χ4n) is 2.80. The molecule has 3 rings (SSSR count). The van der Waals surface area contributed by atoms with E-state index in [1.165, 1.54) is 6.26 Å². The number of hydrogen-bond donors (Lipinski definition) is 1. The van der Waals surface area contributed by atoms with Gasteiger partial charge >= 0.3 is 0 Å². The van der Waals surface area contributed by atoms with Crippen LogP contribution in [0.3, 0.4) is 0 Å². The first kappa shape index (κ1) is 14.3. The maximum absolute atomic E-state index is 11.5. The Hall–Kier alpha value is -1.66. The van der Waals surface area contributed by atoms with E-state index in [1.54, 1.807) is 4.31 Å². The molecule has 0 spiro atoms. The molecular formula is C15H19N3O2S. The first-order chi connectivity index (χ1) is 10.0. The molecule has 0 saturated carbocycles. The molecule has 0 bridgehead atoms. The van der Waals surface area contributed by atoms with Crippen LogP contribution in [0.4, 0.5) is 0 Å². The maximum Gasteiger partial charge on any atom is 0.211 e. The molecule has 0 atom stereocenters. The van der Waals surface area contributed by atoms with Crippen molar-refractivity contribution in [3.05, 3.63) is 42.1 Å². The van der Waals surface area contributed by atoms with E-state index in [-0.39, 0.29) is 0 Å². The van der Waals surface area contributed by atoms with Gasteiger partial charge in [-0.05, 0) is 18.9 Å². The number of aromatic amines is 1. The summed E-state index contributed by atoms with van der Waals surface area (Å²) in [5.74, 6) is 0.355. The number of hydrogen-bond acceptors (Lipinski definition) is 3. The number of H-pyrrole nitrogens is 1. The van der Waals surface area contributed by atoms with Crippen LogP contribution in [0.5, 0.6) is 0 Å². The van der Waals surface area contributed by atoms with E-state index in [0.717, 1.165) is 29.8 Å². The summed E-state index contributed by atoms with van der Waals surface area (Å²) in [6.07, 6.45) is 2.95. The molecule has 0 unspecified atom stereocenters. The Labute approximate surface area is 125 Å². The molecule has 5 nitrogen and oxygen atoms in total. The Morgan fingerprint density at radius 2 is 1.86 bits per heavy atom. The van der Waals surface area contributed by atoms with E-state index in [2.05, 4.69) is 16.3 Å². The largest absolute Gasteiger partial charge is 0.282 e. The third kappa shape index (κ3) is 3.16. The second-order valence-electron chi connectivity index (χ2n) is 5.51. The number of piperidine rings is 1. The number of nitrogens with zero attached hydrogens (tertiary/aromatic N) is 2. The van der Waals surface area contributed by atoms with Crippen LogP contribution in [0.2, 0.25) is 0 Å². The van der Waals surface area contributed by atoms with Crippen molar-refractivity contribution in [3.8, 4) is 11.3 Å². The fraction of sp³-hybridized carbons (Fsp3) is 0.400. The van der Waals surface area contributed by atoms with Crippen LogP contribution in [-0.2, 0) is 10.0 Å². The normalized spacial score (nSPS) is 18.0. The Morgan fingerprint density at radius 3 is 2.48 bits per heavy atom. The standard InChI is InChI=1S/C15H19N3O2S/c1-21(19,20)18-9-7-13(8-10-18)15-11-14(16-17-15)12-5-3-2-4-6-12/h2-6,11,13H,7-10H2,1H3,(H,16,17). The summed E-state index contributed by atoms with van der Waals surface area (Å²) < 4.78 is 24.6. The summed E-state index contributed by atoms with van der Waals surface area (Å²) in [5.41, 5.74) is 3.13. The predicted molar refractivity (Wildman–Crippen MR) is 82.4 cm³/mol. The minimum absolute atomic E-state index is 0.355. The topological polar surface area (TPSA) is 66.1 Å². The van der Waals surface area contributed by atoms with Crippen LogP contribution in [0.15, 0.2) is 36.4 Å². The molecule has 1 fully saturated rings. The van der Waals surface area contributed by atoms with Gasteiger partial charge in [-0.1, -0.05) is 30.3 Å². The van der Waals surface area contributed by atoms with Crippen LogP contribution in [0, 0.1) is 0 Å². The van der Waals surface area contributed by atoms with Gasteiger partial charge in [0.15, 0.2) is 0 Å². The highest BCUT2D eigenvalue weighted by Gasteiger charge is 2.26. The first-order valence-corrected chi connectivity index (χ1v) is 8.95. The van der Waals surface area contributed by atoms with Gasteiger partial charge in [-0.15, -0.1) is 0 Å². The molecule has 1 aromatic carbocycles. The summed E-state index contributed by atoms with van der Waals surface area (Å²) >= 11 is 0. The molecule has 112 valence electrons. The number of rotatable bonds is 3. The van der Waals surface area contributed by atoms with Crippen molar-refractivity contribution < 1.29 is 8.42 Å². The SMILES string of the molecule is CS(=O)(=O)N1CCC(c2cc(-c3ccccc3)n[nH]2)CC1. The van der Waals surface area contributed by atoms with Crippen molar-refractivity contribution in [1.82, 2.24) is 14.5 Å². The van der Waals surface area contributed by atoms with Crippen molar-refractivity contribution in [2.45, 2.75) is 18.8 Å². The molecule has 1 aromatic heterocycles. The van der Waals surface area contributed by atoms with Crippen molar-refractivity contribution in [1.29, 1.82) is 0 Å². The highest BCUT2D eigenvalue weighted by Crippen LogP contribution is 2.29. The van der Waals surface area contributed by atoms with Gasteiger partial charge in [0.05, 0.1) is 11.9 Å². The Balaban J connectivity index is 1.71. The molecule has 6 heteroatoms. The van der Waals surface area contributed by atoms with Gasteiger partial charge in [0, 0.05) is 30.3 Å². The number of nitrogens with one attached hydrogen (secondary N) is 1. The molecule has 0 amide bonds. The average molecular weight is 305 g/mol. The van der Waals surface area contributed by atoms with Crippen LogP contribution >= 0.6 is 0 Å². The minimum Gasteiger partial charge on any atom is -0.282 e. The van der Waals surface area contributed by atoms with Crippen molar-refractivity contribution in [2.75, 3.05) is 19.3 Å². The molecule has 21 heavy (non-hydrogen) atoms. The lowest BCUT2D eigenvalue weighted by molar-refractivity contribution is 0.318. The van der Waals surface area contributed by atoms with Gasteiger partial charge in [-0.25, -0.2) is 12.7 Å². The average Bonchev–Trinajstić information content (AvgIpc) is 2.97. The van der Waals surface area contributed by atoms with Crippen molar-refractivity contribution in [3.63, 3.8) is 0 Å². The second-order valence-corrected chi connectivity index (χ2v) is 7.49. The molecular weight excluding hydrogens is 286 g/mol. The van der Waals surface area contributed by atoms with E-state index < -0.39 is 10.0 Å². The van der Waals surface area contributed by atoms with Gasteiger partial charge < -0.3 is 0 Å². The Morgan fingerprint density at radius 1 is 1.19 bits per heavy atom. The molecule has 2 aromatic rings. The summed E-state index contributed by atoms with van der Waals surface area (Å²) in [5, 5.41) is 7.48. The van der Waals surface area contributed by atoms with Crippen molar-refractivity contribution >= 4 is 10.0 Å². The van der Waals surface area contributed by atoms with E-state index >= 15 is 0 Å². The van der Waals surface area contributed by atoms with E-state index in [1.807, 2.05) is 30.3 Å². The van der Waals surface area contributed by atoms with Crippen molar-refractivity contribution in [2.24, 2.45) is 0 Å². The lowest BCUT2D eigenvalue weighted by Crippen LogP contribution is -2.37. The minimum atomic E-state index is -3.06. The molecule has 2 heterocycles. The van der Waals surface area contributed by atoms with Crippen LogP contribution < -0.4 is 0 Å². The highest BCUT2D eigenvalue weighted by atomic mass is 32.2. The predicted octanol–water partition coefficient (Wildman–Crippen LogP) is 2.22. The van der Waals surface area contributed by atoms with Gasteiger partial charge in [0.2, 0.25) is 10.0 Å². The monoisotopic (exact) mass is 305 g/mol. The number of sulfonamides is 1. The highest BCUT2D eigenvalue weighted by molar-refractivity contribution is 7.88. The van der Waals surface area contributed by atoms with E-state index in [0.29, 0.717) is 19.0 Å². The van der Waals surface area contributed by atoms with Crippen LogP contribution in [0.25, 0.3) is 11.3 Å². The summed E-state index contributed by atoms with van der Waals surface area (Å²) in [7, 11) is -3.06. The van der Waals surface area contributed by atoms with Crippen LogP contribution in [-0.4, -0.2) is 42.3 Å². The smallest absolute Gasteiger partial charge is 0.211 e. The molecule has 0 radical (unpaired) electrons. The molecule has 1 N–H and O–H groups in total. The third-order valence-corrected chi connectivity index (χ3v) is 5.33. The molecule has 1 saturated heterocycles. The Bertz CT molecular complexity index is 702. The first-order valence-electron chi connectivity index (χ1n) is 7.10. The summed E-state index contributed by atoms with van der Waals surface area (Å²) in [6.45, 7) is 1.17. The number of aromatic nitrogens is 2. The van der Waals surface area contributed by atoms with Crippen LogP contribution in [0.1, 0.15) is 24.5 Å². The van der Waals surface area contributed by atoms with Gasteiger partial charge in [0.1, 0.15) is 0 Å². The second kappa shape index (κ2) is 5.61. The van der Waals surface area contributed by atoms with Gasteiger partial charge in [0.25, 0.3) is 0 Å². The zero-order chi connectivity index (χ0) is 14.9. The summed E-state index contributed by atoms with van der Waals surface area (Å²) in [4.78, 5) is 0. The molecule has 1 aliphatic rings. The zero-order valence-electron chi connectivity index (χ0n) is 12.0. The van der Waals surface area contributed by atoms with Gasteiger partial charge in [-0.3, -0.25) is 5.10 Å². The molecule has 0 aliphatic carbocycles.